The average molecular weight is 260 g/mol. The summed E-state index contributed by atoms with van der Waals surface area (Å²) in [4.78, 5) is 11.3. The lowest BCUT2D eigenvalue weighted by Gasteiger charge is -2.03. The normalized spacial score (nSPS) is 10.2. The van der Waals surface area contributed by atoms with Crippen LogP contribution in [-0.2, 0) is 7.05 Å². The van der Waals surface area contributed by atoms with Gasteiger partial charge in [-0.3, -0.25) is 0 Å². The number of aromatic carboxylic acids is 1. The first-order valence-electron chi connectivity index (χ1n) is 5.49. The molecule has 1 aromatic heterocycles. The van der Waals surface area contributed by atoms with Crippen molar-refractivity contribution in [3.8, 4) is 17.6 Å². The Bertz CT molecular complexity index is 682. The Balaban J connectivity index is 2.74. The molecule has 2 rings (SSSR count). The highest BCUT2D eigenvalue weighted by Crippen LogP contribution is 2.35. The van der Waals surface area contributed by atoms with Crippen LogP contribution >= 0.6 is 0 Å². The number of hydrogen-bond acceptors (Lipinski definition) is 4. The van der Waals surface area contributed by atoms with Gasteiger partial charge in [0.15, 0.2) is 18.1 Å². The molecule has 6 nitrogen and oxygen atoms in total. The molecule has 1 aromatic carbocycles. The van der Waals surface area contributed by atoms with Gasteiger partial charge in [-0.1, -0.05) is 0 Å². The first-order valence-corrected chi connectivity index (χ1v) is 5.49. The Morgan fingerprint density at radius 3 is 2.84 bits per heavy atom. The maximum Gasteiger partial charge on any atom is 0.356 e. The van der Waals surface area contributed by atoms with Gasteiger partial charge in [0.1, 0.15) is 11.8 Å². The summed E-state index contributed by atoms with van der Waals surface area (Å²) in [6.45, 7) is -0.212. The molecule has 0 atom stereocenters. The smallest absolute Gasteiger partial charge is 0.356 e. The third-order valence-corrected chi connectivity index (χ3v) is 2.84. The van der Waals surface area contributed by atoms with Gasteiger partial charge in [-0.15, -0.1) is 0 Å². The van der Waals surface area contributed by atoms with E-state index in [1.54, 1.807) is 25.2 Å². The van der Waals surface area contributed by atoms with Crippen LogP contribution in [0.15, 0.2) is 18.2 Å². The van der Waals surface area contributed by atoms with Crippen LogP contribution in [0.1, 0.15) is 10.5 Å². The number of nitrogens with zero attached hydrogens (tertiary/aromatic N) is 2. The van der Waals surface area contributed by atoms with Gasteiger partial charge >= 0.3 is 5.97 Å². The molecule has 0 aliphatic carbocycles. The lowest BCUT2D eigenvalue weighted by Crippen LogP contribution is -2.07. The molecule has 0 saturated heterocycles. The second-order valence-electron chi connectivity index (χ2n) is 3.87. The molecular formula is C13H12N2O4. The number of aromatic nitrogens is 1. The Morgan fingerprint density at radius 1 is 1.53 bits per heavy atom. The van der Waals surface area contributed by atoms with Crippen LogP contribution < -0.4 is 9.47 Å². The Morgan fingerprint density at radius 2 is 2.26 bits per heavy atom. The minimum absolute atomic E-state index is 0.0125. The Kier molecular flexibility index (Phi) is 3.29. The van der Waals surface area contributed by atoms with E-state index in [-0.39, 0.29) is 18.1 Å². The van der Waals surface area contributed by atoms with Crippen molar-refractivity contribution in [2.75, 3.05) is 13.7 Å². The van der Waals surface area contributed by atoms with E-state index in [1.165, 1.54) is 11.7 Å². The number of carbonyl (C=O) groups is 1. The molecule has 0 saturated carbocycles. The fraction of sp³-hybridized carbons (Fsp3) is 0.231. The summed E-state index contributed by atoms with van der Waals surface area (Å²) in [5, 5.41) is 18.4. The molecule has 0 bridgehead atoms. The van der Waals surface area contributed by atoms with Gasteiger partial charge in [-0.2, -0.15) is 5.26 Å². The summed E-state index contributed by atoms with van der Waals surface area (Å²) in [7, 11) is 3.16. The fourth-order valence-corrected chi connectivity index (χ4v) is 2.01. The van der Waals surface area contributed by atoms with Gasteiger partial charge in [-0.25, -0.2) is 4.79 Å². The summed E-state index contributed by atoms with van der Waals surface area (Å²) in [5.74, 6) is -0.326. The molecule has 98 valence electrons. The van der Waals surface area contributed by atoms with Crippen LogP contribution in [0.25, 0.3) is 10.9 Å². The molecule has 0 amide bonds. The standard InChI is InChI=1S/C13H12N2O4/c1-15-10-4-3-8(18-2)7-9(10)12(19-6-5-14)11(15)13(16)17/h3-4,7H,6H2,1-2H3,(H,16,17). The molecular weight excluding hydrogens is 248 g/mol. The van der Waals surface area contributed by atoms with Gasteiger partial charge in [0.2, 0.25) is 0 Å². The lowest BCUT2D eigenvalue weighted by atomic mass is 10.2. The quantitative estimate of drug-likeness (QED) is 0.905. The number of rotatable bonds is 4. The van der Waals surface area contributed by atoms with Crippen LogP contribution in [0, 0.1) is 11.3 Å². The number of fused-ring (bicyclic) bond motifs is 1. The van der Waals surface area contributed by atoms with E-state index in [9.17, 15) is 9.90 Å². The number of aryl methyl sites for hydroxylation is 1. The fourth-order valence-electron chi connectivity index (χ4n) is 2.01. The number of carboxylic acid groups (broad SMARTS) is 1. The first-order chi connectivity index (χ1) is 9.10. The maximum absolute atomic E-state index is 11.3. The predicted molar refractivity (Wildman–Crippen MR) is 67.5 cm³/mol. The van der Waals surface area contributed by atoms with Crippen LogP contribution in [0.4, 0.5) is 0 Å². The van der Waals surface area contributed by atoms with E-state index < -0.39 is 5.97 Å². The van der Waals surface area contributed by atoms with Gasteiger partial charge in [0.25, 0.3) is 0 Å². The van der Waals surface area contributed by atoms with Gasteiger partial charge in [0, 0.05) is 12.4 Å². The second-order valence-corrected chi connectivity index (χ2v) is 3.87. The Hall–Kier alpha value is -2.68. The molecule has 0 spiro atoms. The number of methoxy groups -OCH3 is 1. The van der Waals surface area contributed by atoms with Crippen molar-refractivity contribution in [1.29, 1.82) is 5.26 Å². The zero-order chi connectivity index (χ0) is 14.0. The zero-order valence-corrected chi connectivity index (χ0v) is 10.5. The van der Waals surface area contributed by atoms with Crippen molar-refractivity contribution >= 4 is 16.9 Å². The number of ether oxygens (including phenoxy) is 2. The molecule has 0 aliphatic heterocycles. The van der Waals surface area contributed by atoms with Gasteiger partial charge in [0.05, 0.1) is 12.6 Å². The molecule has 1 N–H and O–H groups in total. The number of benzene rings is 1. The number of nitriles is 1. The van der Waals surface area contributed by atoms with Crippen molar-refractivity contribution < 1.29 is 19.4 Å². The van der Waals surface area contributed by atoms with Gasteiger partial charge < -0.3 is 19.1 Å². The van der Waals surface area contributed by atoms with Crippen molar-refractivity contribution in [3.05, 3.63) is 23.9 Å². The summed E-state index contributed by atoms with van der Waals surface area (Å²) in [6.07, 6.45) is 0. The van der Waals surface area contributed by atoms with E-state index in [1.807, 2.05) is 6.07 Å². The highest BCUT2D eigenvalue weighted by atomic mass is 16.5. The first kappa shape index (κ1) is 12.8. The van der Waals surface area contributed by atoms with Crippen molar-refractivity contribution in [3.63, 3.8) is 0 Å². The molecule has 0 radical (unpaired) electrons. The summed E-state index contributed by atoms with van der Waals surface area (Å²) in [6, 6.07) is 7.01. The molecule has 0 aliphatic rings. The summed E-state index contributed by atoms with van der Waals surface area (Å²) < 4.78 is 11.9. The van der Waals surface area contributed by atoms with Crippen LogP contribution in [0.5, 0.6) is 11.5 Å². The van der Waals surface area contributed by atoms with Gasteiger partial charge in [-0.05, 0) is 18.2 Å². The lowest BCUT2D eigenvalue weighted by molar-refractivity contribution is 0.0683. The minimum atomic E-state index is -1.11. The largest absolute Gasteiger partial charge is 0.497 e. The zero-order valence-electron chi connectivity index (χ0n) is 10.5. The highest BCUT2D eigenvalue weighted by Gasteiger charge is 2.22. The van der Waals surface area contributed by atoms with E-state index in [0.717, 1.165) is 0 Å². The third-order valence-electron chi connectivity index (χ3n) is 2.84. The second kappa shape index (κ2) is 4.90. The topological polar surface area (TPSA) is 84.5 Å². The maximum atomic E-state index is 11.3. The minimum Gasteiger partial charge on any atom is -0.497 e. The van der Waals surface area contributed by atoms with Crippen molar-refractivity contribution in [2.45, 2.75) is 0 Å². The highest BCUT2D eigenvalue weighted by molar-refractivity contribution is 6.01. The van der Waals surface area contributed by atoms with E-state index >= 15 is 0 Å². The monoisotopic (exact) mass is 260 g/mol. The van der Waals surface area contributed by atoms with Crippen molar-refractivity contribution in [1.82, 2.24) is 4.57 Å². The van der Waals surface area contributed by atoms with E-state index in [2.05, 4.69) is 0 Å². The molecule has 6 heteroatoms. The number of carboxylic acids is 1. The molecule has 19 heavy (non-hydrogen) atoms. The average Bonchev–Trinajstić information content (AvgIpc) is 2.68. The van der Waals surface area contributed by atoms with Crippen LogP contribution in [0.2, 0.25) is 0 Å². The van der Waals surface area contributed by atoms with Crippen LogP contribution in [0.3, 0.4) is 0 Å². The van der Waals surface area contributed by atoms with E-state index in [0.29, 0.717) is 16.7 Å². The summed E-state index contributed by atoms with van der Waals surface area (Å²) in [5.41, 5.74) is 0.713. The molecule has 1 heterocycles. The Labute approximate surface area is 109 Å². The van der Waals surface area contributed by atoms with Crippen LogP contribution in [-0.4, -0.2) is 29.4 Å². The molecule has 0 fully saturated rings. The molecule has 2 aromatic rings. The number of hydrogen-bond donors (Lipinski definition) is 1. The van der Waals surface area contributed by atoms with Crippen molar-refractivity contribution in [2.24, 2.45) is 7.05 Å². The molecule has 0 unspecified atom stereocenters. The summed E-state index contributed by atoms with van der Waals surface area (Å²) >= 11 is 0. The third kappa shape index (κ3) is 2.06. The predicted octanol–water partition coefficient (Wildman–Crippen LogP) is 1.79. The SMILES string of the molecule is COc1ccc2c(c1)c(OCC#N)c(C(=O)O)n2C. The van der Waals surface area contributed by atoms with E-state index in [4.69, 9.17) is 14.7 Å².